The van der Waals surface area contributed by atoms with Crippen molar-refractivity contribution in [3.63, 3.8) is 0 Å². The minimum Gasteiger partial charge on any atom is -0.497 e. The van der Waals surface area contributed by atoms with E-state index in [1.807, 2.05) is 18.2 Å². The number of rotatable bonds is 4. The molecule has 3 nitrogen and oxygen atoms in total. The van der Waals surface area contributed by atoms with Crippen molar-refractivity contribution < 1.29 is 9.47 Å². The van der Waals surface area contributed by atoms with E-state index in [1.165, 1.54) is 0 Å². The van der Waals surface area contributed by atoms with Crippen LogP contribution < -0.4 is 15.2 Å². The van der Waals surface area contributed by atoms with Crippen LogP contribution in [0.1, 0.15) is 10.8 Å². The molecule has 1 aromatic rings. The highest BCUT2D eigenvalue weighted by Gasteiger charge is 2.11. The molecular formula is C10H15NO2S. The quantitative estimate of drug-likeness (QED) is 0.747. The maximum absolute atomic E-state index is 5.55. The van der Waals surface area contributed by atoms with Crippen molar-refractivity contribution in [2.75, 3.05) is 20.8 Å². The van der Waals surface area contributed by atoms with Gasteiger partial charge in [-0.05, 0) is 18.2 Å². The highest BCUT2D eigenvalue weighted by molar-refractivity contribution is 7.80. The normalized spacial score (nSPS) is 12.3. The molecule has 2 N–H and O–H groups in total. The van der Waals surface area contributed by atoms with Crippen LogP contribution in [0.4, 0.5) is 0 Å². The maximum atomic E-state index is 5.55. The third-order valence-electron chi connectivity index (χ3n) is 2.02. The van der Waals surface area contributed by atoms with Crippen molar-refractivity contribution in [2.45, 2.75) is 5.25 Å². The summed E-state index contributed by atoms with van der Waals surface area (Å²) in [5.41, 5.74) is 6.50. The second kappa shape index (κ2) is 5.12. The zero-order valence-corrected chi connectivity index (χ0v) is 9.25. The van der Waals surface area contributed by atoms with Gasteiger partial charge in [0.25, 0.3) is 0 Å². The Labute approximate surface area is 89.6 Å². The molecule has 78 valence electrons. The molecule has 4 heteroatoms. The Hall–Kier alpha value is -0.870. The second-order valence-corrected chi connectivity index (χ2v) is 3.48. The van der Waals surface area contributed by atoms with E-state index >= 15 is 0 Å². The predicted molar refractivity (Wildman–Crippen MR) is 60.3 cm³/mol. The van der Waals surface area contributed by atoms with E-state index in [2.05, 4.69) is 12.6 Å². The van der Waals surface area contributed by atoms with Gasteiger partial charge in [0.15, 0.2) is 0 Å². The van der Waals surface area contributed by atoms with E-state index in [9.17, 15) is 0 Å². The van der Waals surface area contributed by atoms with E-state index in [0.717, 1.165) is 17.1 Å². The van der Waals surface area contributed by atoms with Gasteiger partial charge in [0.2, 0.25) is 0 Å². The summed E-state index contributed by atoms with van der Waals surface area (Å²) in [4.78, 5) is 0. The van der Waals surface area contributed by atoms with Gasteiger partial charge < -0.3 is 15.2 Å². The summed E-state index contributed by atoms with van der Waals surface area (Å²) in [6.07, 6.45) is 0. The van der Waals surface area contributed by atoms with Crippen LogP contribution in [0.3, 0.4) is 0 Å². The first kappa shape index (κ1) is 11.2. The molecule has 0 aliphatic heterocycles. The number of nitrogens with two attached hydrogens (primary N) is 1. The standard InChI is InChI=1S/C10H15NO2S/c1-12-7-3-4-9(13-2)8(5-7)10(14)6-11/h3-5,10,14H,6,11H2,1-2H3. The van der Waals surface area contributed by atoms with Crippen LogP contribution in [0.2, 0.25) is 0 Å². The van der Waals surface area contributed by atoms with Crippen LogP contribution in [-0.4, -0.2) is 20.8 Å². The van der Waals surface area contributed by atoms with E-state index < -0.39 is 0 Å². The lowest BCUT2D eigenvalue weighted by Gasteiger charge is -2.14. The van der Waals surface area contributed by atoms with Crippen LogP contribution in [0.15, 0.2) is 18.2 Å². The van der Waals surface area contributed by atoms with Gasteiger partial charge in [-0.1, -0.05) is 0 Å². The smallest absolute Gasteiger partial charge is 0.123 e. The largest absolute Gasteiger partial charge is 0.497 e. The average Bonchev–Trinajstić information content (AvgIpc) is 2.27. The lowest BCUT2D eigenvalue weighted by Crippen LogP contribution is -2.08. The SMILES string of the molecule is COc1ccc(OC)c(C(S)CN)c1. The second-order valence-electron chi connectivity index (χ2n) is 2.86. The summed E-state index contributed by atoms with van der Waals surface area (Å²) in [7, 11) is 3.25. The Balaban J connectivity index is 3.08. The monoisotopic (exact) mass is 213 g/mol. The molecule has 0 amide bonds. The van der Waals surface area contributed by atoms with Gasteiger partial charge in [0.05, 0.1) is 14.2 Å². The summed E-state index contributed by atoms with van der Waals surface area (Å²) in [6, 6.07) is 5.59. The van der Waals surface area contributed by atoms with E-state index in [-0.39, 0.29) is 5.25 Å². The van der Waals surface area contributed by atoms with Crippen molar-refractivity contribution in [3.05, 3.63) is 23.8 Å². The third kappa shape index (κ3) is 2.33. The fourth-order valence-electron chi connectivity index (χ4n) is 1.23. The van der Waals surface area contributed by atoms with Crippen molar-refractivity contribution in [3.8, 4) is 11.5 Å². The number of hydrogen-bond acceptors (Lipinski definition) is 4. The minimum atomic E-state index is -0.0277. The first-order valence-electron chi connectivity index (χ1n) is 4.33. The van der Waals surface area contributed by atoms with Gasteiger partial charge in [-0.25, -0.2) is 0 Å². The lowest BCUT2D eigenvalue weighted by atomic mass is 10.1. The Bertz CT molecular complexity index is 304. The lowest BCUT2D eigenvalue weighted by molar-refractivity contribution is 0.398. The Morgan fingerprint density at radius 3 is 2.57 bits per heavy atom. The summed E-state index contributed by atoms with van der Waals surface area (Å²) >= 11 is 4.37. The van der Waals surface area contributed by atoms with Crippen LogP contribution >= 0.6 is 12.6 Å². The molecule has 1 rings (SSSR count). The molecular weight excluding hydrogens is 198 g/mol. The number of benzene rings is 1. The van der Waals surface area contributed by atoms with Crippen LogP contribution in [-0.2, 0) is 0 Å². The molecule has 1 aromatic carbocycles. The number of thiol groups is 1. The molecule has 0 bridgehead atoms. The maximum Gasteiger partial charge on any atom is 0.123 e. The minimum absolute atomic E-state index is 0.0277. The van der Waals surface area contributed by atoms with Gasteiger partial charge in [-0.2, -0.15) is 12.6 Å². The molecule has 1 unspecified atom stereocenters. The fourth-order valence-corrected chi connectivity index (χ4v) is 1.43. The zero-order chi connectivity index (χ0) is 10.6. The first-order valence-corrected chi connectivity index (χ1v) is 4.84. The van der Waals surface area contributed by atoms with Crippen LogP contribution in [0.5, 0.6) is 11.5 Å². The van der Waals surface area contributed by atoms with Crippen LogP contribution in [0, 0.1) is 0 Å². The van der Waals surface area contributed by atoms with Crippen LogP contribution in [0.25, 0.3) is 0 Å². The molecule has 0 heterocycles. The van der Waals surface area contributed by atoms with Gasteiger partial charge in [0.1, 0.15) is 11.5 Å². The molecule has 1 atom stereocenters. The Morgan fingerprint density at radius 1 is 1.36 bits per heavy atom. The fraction of sp³-hybridized carbons (Fsp3) is 0.400. The number of methoxy groups -OCH3 is 2. The number of hydrogen-bond donors (Lipinski definition) is 2. The van der Waals surface area contributed by atoms with E-state index in [0.29, 0.717) is 6.54 Å². The third-order valence-corrected chi connectivity index (χ3v) is 2.51. The molecule has 0 aliphatic carbocycles. The van der Waals surface area contributed by atoms with Crippen molar-refractivity contribution in [1.29, 1.82) is 0 Å². The molecule has 0 spiro atoms. The molecule has 0 saturated carbocycles. The molecule has 0 radical (unpaired) electrons. The van der Waals surface area contributed by atoms with Gasteiger partial charge in [0, 0.05) is 17.4 Å². The van der Waals surface area contributed by atoms with Gasteiger partial charge >= 0.3 is 0 Å². The zero-order valence-electron chi connectivity index (χ0n) is 8.36. The highest BCUT2D eigenvalue weighted by atomic mass is 32.1. The van der Waals surface area contributed by atoms with E-state index in [1.54, 1.807) is 14.2 Å². The van der Waals surface area contributed by atoms with Gasteiger partial charge in [-0.15, -0.1) is 0 Å². The first-order chi connectivity index (χ1) is 6.72. The topological polar surface area (TPSA) is 44.5 Å². The van der Waals surface area contributed by atoms with E-state index in [4.69, 9.17) is 15.2 Å². The average molecular weight is 213 g/mol. The van der Waals surface area contributed by atoms with Crippen molar-refractivity contribution in [1.82, 2.24) is 0 Å². The summed E-state index contributed by atoms with van der Waals surface area (Å²) in [5, 5.41) is -0.0277. The highest BCUT2D eigenvalue weighted by Crippen LogP contribution is 2.31. The van der Waals surface area contributed by atoms with Gasteiger partial charge in [-0.3, -0.25) is 0 Å². The number of ether oxygens (including phenoxy) is 2. The molecule has 0 fully saturated rings. The summed E-state index contributed by atoms with van der Waals surface area (Å²) < 4.78 is 10.3. The molecule has 0 aromatic heterocycles. The predicted octanol–water partition coefficient (Wildman–Crippen LogP) is 1.63. The molecule has 14 heavy (non-hydrogen) atoms. The van der Waals surface area contributed by atoms with Crippen molar-refractivity contribution >= 4 is 12.6 Å². The summed E-state index contributed by atoms with van der Waals surface area (Å²) in [6.45, 7) is 0.465. The van der Waals surface area contributed by atoms with Crippen molar-refractivity contribution in [2.24, 2.45) is 5.73 Å². The Kier molecular flexibility index (Phi) is 4.10. The summed E-state index contributed by atoms with van der Waals surface area (Å²) in [5.74, 6) is 1.57. The molecule has 0 saturated heterocycles. The Morgan fingerprint density at radius 2 is 2.07 bits per heavy atom. The molecule has 0 aliphatic rings.